The van der Waals surface area contributed by atoms with E-state index in [1.54, 1.807) is 24.3 Å². The van der Waals surface area contributed by atoms with Gasteiger partial charge in [0, 0.05) is 0 Å². The molecule has 1 rings (SSSR count). The Morgan fingerprint density at radius 2 is 2.08 bits per heavy atom. The van der Waals surface area contributed by atoms with Crippen molar-refractivity contribution in [2.75, 3.05) is 0 Å². The normalized spacial score (nSPS) is 15.3. The van der Waals surface area contributed by atoms with E-state index < -0.39 is 12.2 Å². The summed E-state index contributed by atoms with van der Waals surface area (Å²) in [6.07, 6.45) is -1.04. The summed E-state index contributed by atoms with van der Waals surface area (Å²) in [7, 11) is 5.55. The molecule has 0 bridgehead atoms. The van der Waals surface area contributed by atoms with Gasteiger partial charge in [0.25, 0.3) is 0 Å². The Morgan fingerprint density at radius 3 is 2.62 bits per heavy atom. The van der Waals surface area contributed by atoms with Gasteiger partial charge in [-0.25, -0.2) is 0 Å². The Labute approximate surface area is 79.6 Å². The van der Waals surface area contributed by atoms with Gasteiger partial charge in [0.15, 0.2) is 0 Å². The summed E-state index contributed by atoms with van der Waals surface area (Å²) >= 11 is 0. The molecule has 1 aromatic carbocycles. The summed E-state index contributed by atoms with van der Waals surface area (Å²) < 4.78 is 0. The quantitative estimate of drug-likeness (QED) is 0.649. The smallest absolute Gasteiger partial charge is 0.113 e. The molecule has 2 atom stereocenters. The van der Waals surface area contributed by atoms with Crippen LogP contribution in [0.4, 0.5) is 0 Å². The summed E-state index contributed by atoms with van der Waals surface area (Å²) in [5.74, 6) is 0. The van der Waals surface area contributed by atoms with Gasteiger partial charge in [0.05, 0.1) is 6.10 Å². The minimum Gasteiger partial charge on any atom is -0.390 e. The van der Waals surface area contributed by atoms with E-state index in [1.807, 2.05) is 6.92 Å². The standard InChI is InChI=1S/C10H13BO2/c1-2-9(12)10(13)7-4-3-5-8(11)6-7/h3-6,9-10,12-13H,2H2,1H3/t9-,10-/m0/s1. The van der Waals surface area contributed by atoms with E-state index in [-0.39, 0.29) is 0 Å². The fraction of sp³-hybridized carbons (Fsp3) is 0.400. The summed E-state index contributed by atoms with van der Waals surface area (Å²) in [6.45, 7) is 1.82. The highest BCUT2D eigenvalue weighted by molar-refractivity contribution is 6.32. The van der Waals surface area contributed by atoms with E-state index in [0.717, 1.165) is 0 Å². The number of benzene rings is 1. The molecule has 68 valence electrons. The molecule has 0 saturated heterocycles. The number of aliphatic hydroxyl groups excluding tert-OH is 2. The maximum absolute atomic E-state index is 9.61. The molecule has 2 radical (unpaired) electrons. The predicted molar refractivity (Wildman–Crippen MR) is 53.1 cm³/mol. The molecule has 0 aliphatic rings. The zero-order chi connectivity index (χ0) is 9.84. The SMILES string of the molecule is [B]c1cccc([C@H](O)[C@@H](O)CC)c1. The lowest BCUT2D eigenvalue weighted by Crippen LogP contribution is -2.18. The summed E-state index contributed by atoms with van der Waals surface area (Å²) in [5.41, 5.74) is 1.26. The Bertz CT molecular complexity index is 275. The molecule has 0 aliphatic heterocycles. The second kappa shape index (κ2) is 4.44. The van der Waals surface area contributed by atoms with Crippen LogP contribution < -0.4 is 5.46 Å². The van der Waals surface area contributed by atoms with Gasteiger partial charge in [-0.3, -0.25) is 0 Å². The van der Waals surface area contributed by atoms with Crippen LogP contribution in [0.2, 0.25) is 0 Å². The van der Waals surface area contributed by atoms with E-state index in [9.17, 15) is 10.2 Å². The maximum atomic E-state index is 9.61. The predicted octanol–water partition coefficient (Wildman–Crippen LogP) is 0.285. The van der Waals surface area contributed by atoms with Gasteiger partial charge in [-0.05, 0) is 12.0 Å². The summed E-state index contributed by atoms with van der Waals surface area (Å²) in [6, 6.07) is 6.92. The first-order valence-corrected chi connectivity index (χ1v) is 4.36. The molecule has 0 amide bonds. The van der Waals surface area contributed by atoms with E-state index >= 15 is 0 Å². The van der Waals surface area contributed by atoms with Crippen LogP contribution in [0, 0.1) is 0 Å². The minimum atomic E-state index is -0.839. The first-order chi connectivity index (χ1) is 6.15. The fourth-order valence-corrected chi connectivity index (χ4v) is 1.19. The van der Waals surface area contributed by atoms with Gasteiger partial charge in [-0.1, -0.05) is 36.7 Å². The van der Waals surface area contributed by atoms with Crippen molar-refractivity contribution in [3.8, 4) is 0 Å². The highest BCUT2D eigenvalue weighted by atomic mass is 16.3. The molecule has 0 fully saturated rings. The van der Waals surface area contributed by atoms with Crippen LogP contribution in [0.15, 0.2) is 24.3 Å². The molecular weight excluding hydrogens is 163 g/mol. The molecule has 0 heterocycles. The second-order valence-corrected chi connectivity index (χ2v) is 3.09. The Balaban J connectivity index is 2.82. The average molecular weight is 176 g/mol. The van der Waals surface area contributed by atoms with Crippen LogP contribution in [0.25, 0.3) is 0 Å². The lowest BCUT2D eigenvalue weighted by atomic mass is 9.92. The van der Waals surface area contributed by atoms with Crippen molar-refractivity contribution in [1.29, 1.82) is 0 Å². The molecule has 3 heteroatoms. The Morgan fingerprint density at radius 1 is 1.38 bits per heavy atom. The molecular formula is C10H13BO2. The van der Waals surface area contributed by atoms with E-state index in [2.05, 4.69) is 0 Å². The molecule has 13 heavy (non-hydrogen) atoms. The van der Waals surface area contributed by atoms with Crippen LogP contribution in [0.1, 0.15) is 25.0 Å². The maximum Gasteiger partial charge on any atom is 0.113 e. The summed E-state index contributed by atoms with van der Waals surface area (Å²) in [4.78, 5) is 0. The fourth-order valence-electron chi connectivity index (χ4n) is 1.19. The third kappa shape index (κ3) is 2.57. The average Bonchev–Trinajstić information content (AvgIpc) is 2.15. The molecule has 1 aromatic rings. The van der Waals surface area contributed by atoms with Gasteiger partial charge in [-0.15, -0.1) is 0 Å². The van der Waals surface area contributed by atoms with Gasteiger partial charge < -0.3 is 10.2 Å². The van der Waals surface area contributed by atoms with Crippen molar-refractivity contribution in [3.63, 3.8) is 0 Å². The topological polar surface area (TPSA) is 40.5 Å². The van der Waals surface area contributed by atoms with Gasteiger partial charge in [0.1, 0.15) is 14.0 Å². The second-order valence-electron chi connectivity index (χ2n) is 3.09. The monoisotopic (exact) mass is 176 g/mol. The molecule has 0 spiro atoms. The zero-order valence-corrected chi connectivity index (χ0v) is 7.64. The van der Waals surface area contributed by atoms with Crippen molar-refractivity contribution < 1.29 is 10.2 Å². The summed E-state index contributed by atoms with van der Waals surface area (Å²) in [5, 5.41) is 19.0. The molecule has 0 unspecified atom stereocenters. The highest BCUT2D eigenvalue weighted by Gasteiger charge is 2.15. The third-order valence-corrected chi connectivity index (χ3v) is 2.03. The zero-order valence-electron chi connectivity index (χ0n) is 7.64. The lowest BCUT2D eigenvalue weighted by molar-refractivity contribution is 0.0165. The van der Waals surface area contributed by atoms with E-state index in [1.165, 1.54) is 0 Å². The van der Waals surface area contributed by atoms with Gasteiger partial charge in [0.2, 0.25) is 0 Å². The van der Waals surface area contributed by atoms with Crippen LogP contribution in [-0.2, 0) is 0 Å². The largest absolute Gasteiger partial charge is 0.390 e. The van der Waals surface area contributed by atoms with Crippen LogP contribution >= 0.6 is 0 Å². The Kier molecular flexibility index (Phi) is 3.52. The van der Waals surface area contributed by atoms with Crippen LogP contribution in [-0.4, -0.2) is 24.2 Å². The van der Waals surface area contributed by atoms with E-state index in [4.69, 9.17) is 7.85 Å². The van der Waals surface area contributed by atoms with Gasteiger partial charge >= 0.3 is 0 Å². The first kappa shape index (κ1) is 10.3. The molecule has 0 aromatic heterocycles. The molecule has 0 aliphatic carbocycles. The number of hydrogen-bond donors (Lipinski definition) is 2. The van der Waals surface area contributed by atoms with Crippen molar-refractivity contribution in [3.05, 3.63) is 29.8 Å². The van der Waals surface area contributed by atoms with Crippen molar-refractivity contribution >= 4 is 13.3 Å². The van der Waals surface area contributed by atoms with E-state index in [0.29, 0.717) is 17.4 Å². The van der Waals surface area contributed by atoms with Crippen molar-refractivity contribution in [1.82, 2.24) is 0 Å². The molecule has 2 nitrogen and oxygen atoms in total. The number of aliphatic hydroxyl groups is 2. The third-order valence-electron chi connectivity index (χ3n) is 2.03. The number of rotatable bonds is 3. The van der Waals surface area contributed by atoms with Gasteiger partial charge in [-0.2, -0.15) is 0 Å². The van der Waals surface area contributed by atoms with Crippen LogP contribution in [0.5, 0.6) is 0 Å². The van der Waals surface area contributed by atoms with Crippen LogP contribution in [0.3, 0.4) is 0 Å². The minimum absolute atomic E-state index is 0.524. The lowest BCUT2D eigenvalue weighted by Gasteiger charge is -2.16. The van der Waals surface area contributed by atoms with Crippen molar-refractivity contribution in [2.24, 2.45) is 0 Å². The Hall–Kier alpha value is -0.795. The highest BCUT2D eigenvalue weighted by Crippen LogP contribution is 2.17. The molecule has 0 saturated carbocycles. The van der Waals surface area contributed by atoms with Crippen molar-refractivity contribution in [2.45, 2.75) is 25.6 Å². The number of hydrogen-bond acceptors (Lipinski definition) is 2. The molecule has 2 N–H and O–H groups in total. The first-order valence-electron chi connectivity index (χ1n) is 4.36.